The molecule has 1 aliphatic heterocycles. The van der Waals surface area contributed by atoms with E-state index in [9.17, 15) is 0 Å². The van der Waals surface area contributed by atoms with Gasteiger partial charge in [-0.2, -0.15) is 0 Å². The van der Waals surface area contributed by atoms with Gasteiger partial charge in [-0.1, -0.05) is 0 Å². The molecule has 0 aromatic heterocycles. The first-order valence-electron chi connectivity index (χ1n) is 6.28. The molecule has 0 spiro atoms. The van der Waals surface area contributed by atoms with Gasteiger partial charge in [-0.25, -0.2) is 0 Å². The van der Waals surface area contributed by atoms with Crippen LogP contribution in [0.5, 0.6) is 5.75 Å². The van der Waals surface area contributed by atoms with Crippen LogP contribution in [-0.4, -0.2) is 25.2 Å². The minimum atomic E-state index is 0.0897. The lowest BCUT2D eigenvalue weighted by atomic mass is 10.1. The molecule has 3 N–H and O–H groups in total. The highest BCUT2D eigenvalue weighted by atomic mass is 16.5. The number of nitrogen functional groups attached to an aromatic ring is 1. The van der Waals surface area contributed by atoms with Crippen molar-refractivity contribution >= 4 is 5.84 Å². The second-order valence-corrected chi connectivity index (χ2v) is 4.80. The molecule has 1 fully saturated rings. The molecule has 0 saturated carbocycles. The number of ether oxygens (including phenoxy) is 2. The molecule has 1 atom stereocenters. The average Bonchev–Trinajstić information content (AvgIpc) is 2.80. The molecule has 1 aliphatic rings. The Morgan fingerprint density at radius 1 is 1.44 bits per heavy atom. The summed E-state index contributed by atoms with van der Waals surface area (Å²) in [7, 11) is 0. The van der Waals surface area contributed by atoms with Crippen LogP contribution in [0.4, 0.5) is 0 Å². The van der Waals surface area contributed by atoms with Crippen molar-refractivity contribution in [2.75, 3.05) is 13.2 Å². The summed E-state index contributed by atoms with van der Waals surface area (Å²) in [5.41, 5.74) is 8.27. The van der Waals surface area contributed by atoms with E-state index >= 15 is 0 Å². The van der Waals surface area contributed by atoms with Gasteiger partial charge in [0.15, 0.2) is 0 Å². The Kier molecular flexibility index (Phi) is 3.87. The molecule has 4 heteroatoms. The number of nitrogens with two attached hydrogens (primary N) is 1. The van der Waals surface area contributed by atoms with Gasteiger partial charge in [-0.15, -0.1) is 0 Å². The first-order valence-corrected chi connectivity index (χ1v) is 6.28. The third-order valence-electron chi connectivity index (χ3n) is 3.21. The van der Waals surface area contributed by atoms with Crippen molar-refractivity contribution in [3.8, 4) is 5.75 Å². The largest absolute Gasteiger partial charge is 0.490 e. The van der Waals surface area contributed by atoms with Crippen LogP contribution >= 0.6 is 0 Å². The van der Waals surface area contributed by atoms with Crippen molar-refractivity contribution < 1.29 is 9.47 Å². The maximum absolute atomic E-state index is 7.45. The van der Waals surface area contributed by atoms with Crippen LogP contribution in [0.3, 0.4) is 0 Å². The molecule has 0 radical (unpaired) electrons. The summed E-state index contributed by atoms with van der Waals surface area (Å²) in [5.74, 6) is 0.974. The Labute approximate surface area is 108 Å². The standard InChI is InChI=1S/C14H20N2O2/c1-9-6-11(14(15)16)7-10(2)13(9)18-8-12-4-3-5-17-12/h6-7,12H,3-5,8H2,1-2H3,(H3,15,16). The van der Waals surface area contributed by atoms with E-state index in [2.05, 4.69) is 0 Å². The normalized spacial score (nSPS) is 18.9. The third kappa shape index (κ3) is 2.82. The maximum Gasteiger partial charge on any atom is 0.125 e. The SMILES string of the molecule is Cc1cc(C(=N)N)cc(C)c1OCC1CCCO1. The van der Waals surface area contributed by atoms with E-state index in [1.165, 1.54) is 0 Å². The molecule has 1 aromatic rings. The second-order valence-electron chi connectivity index (χ2n) is 4.80. The average molecular weight is 248 g/mol. The summed E-state index contributed by atoms with van der Waals surface area (Å²) in [6.45, 7) is 5.39. The van der Waals surface area contributed by atoms with Crippen LogP contribution in [0, 0.1) is 19.3 Å². The number of benzene rings is 1. The summed E-state index contributed by atoms with van der Waals surface area (Å²) in [4.78, 5) is 0. The fourth-order valence-corrected chi connectivity index (χ4v) is 2.29. The molecule has 18 heavy (non-hydrogen) atoms. The zero-order chi connectivity index (χ0) is 13.1. The van der Waals surface area contributed by atoms with Crippen molar-refractivity contribution in [2.45, 2.75) is 32.8 Å². The highest BCUT2D eigenvalue weighted by Crippen LogP contribution is 2.25. The minimum absolute atomic E-state index is 0.0897. The molecule has 1 heterocycles. The molecular formula is C14H20N2O2. The van der Waals surface area contributed by atoms with Gasteiger partial charge in [0.2, 0.25) is 0 Å². The summed E-state index contributed by atoms with van der Waals surface area (Å²) in [6.07, 6.45) is 2.41. The first kappa shape index (κ1) is 12.9. The maximum atomic E-state index is 7.45. The molecule has 1 aromatic carbocycles. The van der Waals surface area contributed by atoms with Gasteiger partial charge in [0, 0.05) is 12.2 Å². The number of rotatable bonds is 4. The van der Waals surface area contributed by atoms with Gasteiger partial charge in [0.05, 0.1) is 6.10 Å². The Morgan fingerprint density at radius 3 is 2.61 bits per heavy atom. The molecule has 0 bridgehead atoms. The van der Waals surface area contributed by atoms with Crippen molar-refractivity contribution in [2.24, 2.45) is 5.73 Å². The van der Waals surface area contributed by atoms with E-state index in [0.29, 0.717) is 6.61 Å². The van der Waals surface area contributed by atoms with Gasteiger partial charge in [-0.3, -0.25) is 5.41 Å². The minimum Gasteiger partial charge on any atom is -0.490 e. The van der Waals surface area contributed by atoms with Crippen molar-refractivity contribution in [1.29, 1.82) is 5.41 Å². The van der Waals surface area contributed by atoms with Gasteiger partial charge >= 0.3 is 0 Å². The van der Waals surface area contributed by atoms with E-state index in [-0.39, 0.29) is 11.9 Å². The van der Waals surface area contributed by atoms with E-state index in [4.69, 9.17) is 20.6 Å². The molecular weight excluding hydrogens is 228 g/mol. The quantitative estimate of drug-likeness (QED) is 0.633. The van der Waals surface area contributed by atoms with Crippen LogP contribution in [0.25, 0.3) is 0 Å². The lowest BCUT2D eigenvalue weighted by Gasteiger charge is -2.16. The predicted octanol–water partition coefficient (Wildman–Crippen LogP) is 2.15. The summed E-state index contributed by atoms with van der Waals surface area (Å²) in [6, 6.07) is 3.78. The lowest BCUT2D eigenvalue weighted by Crippen LogP contribution is -2.17. The summed E-state index contributed by atoms with van der Waals surface area (Å²) in [5, 5.41) is 7.45. The number of aryl methyl sites for hydroxylation is 2. The number of amidine groups is 1. The summed E-state index contributed by atoms with van der Waals surface area (Å²) >= 11 is 0. The van der Waals surface area contributed by atoms with Crippen molar-refractivity contribution in [3.05, 3.63) is 28.8 Å². The van der Waals surface area contributed by atoms with Crippen LogP contribution in [0.2, 0.25) is 0 Å². The first-order chi connectivity index (χ1) is 8.58. The van der Waals surface area contributed by atoms with Crippen LogP contribution < -0.4 is 10.5 Å². The monoisotopic (exact) mass is 248 g/mol. The molecule has 98 valence electrons. The molecule has 0 aliphatic carbocycles. The van der Waals surface area contributed by atoms with Gasteiger partial charge < -0.3 is 15.2 Å². The zero-order valence-electron chi connectivity index (χ0n) is 11.0. The zero-order valence-corrected chi connectivity index (χ0v) is 11.0. The molecule has 1 unspecified atom stereocenters. The Bertz CT molecular complexity index is 428. The number of hydrogen-bond acceptors (Lipinski definition) is 3. The number of nitrogens with one attached hydrogen (secondary N) is 1. The molecule has 1 saturated heterocycles. The van der Waals surface area contributed by atoms with Gasteiger partial charge in [0.1, 0.15) is 18.2 Å². The highest BCUT2D eigenvalue weighted by molar-refractivity contribution is 5.95. The Balaban J connectivity index is 2.10. The molecule has 2 rings (SSSR count). The van der Waals surface area contributed by atoms with E-state index in [1.54, 1.807) is 0 Å². The lowest BCUT2D eigenvalue weighted by molar-refractivity contribution is 0.0675. The fraction of sp³-hybridized carbons (Fsp3) is 0.500. The molecule has 0 amide bonds. The van der Waals surface area contributed by atoms with E-state index in [0.717, 1.165) is 41.9 Å². The van der Waals surface area contributed by atoms with Gasteiger partial charge in [-0.05, 0) is 49.9 Å². The van der Waals surface area contributed by atoms with E-state index < -0.39 is 0 Å². The van der Waals surface area contributed by atoms with Gasteiger partial charge in [0.25, 0.3) is 0 Å². The molecule has 4 nitrogen and oxygen atoms in total. The van der Waals surface area contributed by atoms with Crippen LogP contribution in [-0.2, 0) is 4.74 Å². The topological polar surface area (TPSA) is 68.3 Å². The smallest absolute Gasteiger partial charge is 0.125 e. The summed E-state index contributed by atoms with van der Waals surface area (Å²) < 4.78 is 11.4. The predicted molar refractivity (Wildman–Crippen MR) is 71.4 cm³/mol. The Hall–Kier alpha value is -1.55. The van der Waals surface area contributed by atoms with Crippen molar-refractivity contribution in [1.82, 2.24) is 0 Å². The highest BCUT2D eigenvalue weighted by Gasteiger charge is 2.17. The van der Waals surface area contributed by atoms with Crippen LogP contribution in [0.1, 0.15) is 29.5 Å². The Morgan fingerprint density at radius 2 is 2.11 bits per heavy atom. The fourth-order valence-electron chi connectivity index (χ4n) is 2.29. The van der Waals surface area contributed by atoms with E-state index in [1.807, 2.05) is 26.0 Å². The van der Waals surface area contributed by atoms with Crippen LogP contribution in [0.15, 0.2) is 12.1 Å². The van der Waals surface area contributed by atoms with Crippen molar-refractivity contribution in [3.63, 3.8) is 0 Å². The second kappa shape index (κ2) is 5.40. The number of hydrogen-bond donors (Lipinski definition) is 2. The third-order valence-corrected chi connectivity index (χ3v) is 3.21.